The number of nitrogens with one attached hydrogen (secondary N) is 1. The van der Waals surface area contributed by atoms with Crippen molar-refractivity contribution in [2.45, 2.75) is 6.92 Å². The van der Waals surface area contributed by atoms with Gasteiger partial charge in [-0.2, -0.15) is 0 Å². The van der Waals surface area contributed by atoms with Gasteiger partial charge in [0.05, 0.1) is 0 Å². The molecule has 0 spiro atoms. The highest BCUT2D eigenvalue weighted by Crippen LogP contribution is 2.10. The van der Waals surface area contributed by atoms with Crippen LogP contribution < -0.4 is 5.32 Å². The predicted octanol–water partition coefficient (Wildman–Crippen LogP) is 4.42. The number of rotatable bonds is 4. The van der Waals surface area contributed by atoms with Crippen molar-refractivity contribution in [1.29, 1.82) is 0 Å². The molecule has 0 amide bonds. The fourth-order valence-electron chi connectivity index (χ4n) is 1.67. The van der Waals surface area contributed by atoms with Gasteiger partial charge in [-0.1, -0.05) is 60.7 Å². The summed E-state index contributed by atoms with van der Waals surface area (Å²) >= 11 is 5.40. The monoisotopic (exact) mass is 253 g/mol. The maximum Gasteiger partial charge on any atom is 0.0466 e. The summed E-state index contributed by atoms with van der Waals surface area (Å²) in [5, 5.41) is 3.32. The van der Waals surface area contributed by atoms with Gasteiger partial charge in [0.15, 0.2) is 0 Å². The second kappa shape index (κ2) is 6.12. The average molecular weight is 253 g/mol. The molecule has 0 aliphatic heterocycles. The third-order valence-electron chi connectivity index (χ3n) is 2.52. The molecular formula is C16H15NS. The largest absolute Gasteiger partial charge is 0.359 e. The normalized spacial score (nSPS) is 11.1. The van der Waals surface area contributed by atoms with E-state index >= 15 is 0 Å². The van der Waals surface area contributed by atoms with E-state index in [1.54, 1.807) is 0 Å². The number of para-hydroxylation sites is 1. The molecule has 1 nitrogen and oxygen atoms in total. The Balaban J connectivity index is 2.07. The Morgan fingerprint density at radius 1 is 0.944 bits per heavy atom. The van der Waals surface area contributed by atoms with E-state index in [2.05, 4.69) is 5.32 Å². The molecular weight excluding hydrogens is 238 g/mol. The van der Waals surface area contributed by atoms with Crippen LogP contribution in [0.4, 0.5) is 5.69 Å². The Kier molecular flexibility index (Phi) is 4.26. The molecule has 0 bridgehead atoms. The van der Waals surface area contributed by atoms with Gasteiger partial charge in [0.1, 0.15) is 0 Å². The van der Waals surface area contributed by atoms with Crippen molar-refractivity contribution in [2.24, 2.45) is 0 Å². The number of allylic oxidation sites excluding steroid dienone is 2. The van der Waals surface area contributed by atoms with E-state index in [1.807, 2.05) is 73.7 Å². The van der Waals surface area contributed by atoms with Gasteiger partial charge >= 0.3 is 0 Å². The van der Waals surface area contributed by atoms with Gasteiger partial charge < -0.3 is 5.32 Å². The molecule has 2 aromatic rings. The average Bonchev–Trinajstić information content (AvgIpc) is 2.40. The molecule has 0 saturated heterocycles. The number of benzene rings is 2. The van der Waals surface area contributed by atoms with E-state index in [1.165, 1.54) is 0 Å². The highest BCUT2D eigenvalue weighted by atomic mass is 32.1. The molecule has 0 saturated carbocycles. The summed E-state index contributed by atoms with van der Waals surface area (Å²) in [5.74, 6) is 0. The van der Waals surface area contributed by atoms with Gasteiger partial charge in [-0.3, -0.25) is 0 Å². The highest BCUT2D eigenvalue weighted by molar-refractivity contribution is 7.81. The third kappa shape index (κ3) is 3.54. The van der Waals surface area contributed by atoms with E-state index in [4.69, 9.17) is 12.2 Å². The molecule has 90 valence electrons. The summed E-state index contributed by atoms with van der Waals surface area (Å²) in [6, 6.07) is 20.1. The first-order chi connectivity index (χ1) is 8.75. The van der Waals surface area contributed by atoms with Crippen molar-refractivity contribution in [3.63, 3.8) is 0 Å². The Bertz CT molecular complexity index is 544. The molecule has 18 heavy (non-hydrogen) atoms. The maximum absolute atomic E-state index is 5.40. The zero-order chi connectivity index (χ0) is 12.8. The lowest BCUT2D eigenvalue weighted by atomic mass is 10.1. The molecule has 2 aromatic carbocycles. The second-order valence-corrected chi connectivity index (χ2v) is 4.49. The molecule has 0 heterocycles. The van der Waals surface area contributed by atoms with Crippen molar-refractivity contribution in [2.75, 3.05) is 5.32 Å². The molecule has 0 radical (unpaired) electrons. The standard InChI is InChI=1S/C16H15NS/c1-13(17-15-10-6-3-7-11-15)12-16(18)14-8-4-2-5-9-14/h2-12,17H,1H3/b13-12+. The van der Waals surface area contributed by atoms with E-state index in [0.717, 1.165) is 21.8 Å². The summed E-state index contributed by atoms with van der Waals surface area (Å²) in [6.07, 6.45) is 1.98. The van der Waals surface area contributed by atoms with Gasteiger partial charge in [-0.15, -0.1) is 0 Å². The van der Waals surface area contributed by atoms with Crippen LogP contribution in [-0.2, 0) is 0 Å². The van der Waals surface area contributed by atoms with Crippen LogP contribution in [0.15, 0.2) is 72.4 Å². The topological polar surface area (TPSA) is 12.0 Å². The molecule has 2 rings (SSSR count). The van der Waals surface area contributed by atoms with Crippen LogP contribution in [0.25, 0.3) is 0 Å². The first-order valence-electron chi connectivity index (χ1n) is 5.85. The van der Waals surface area contributed by atoms with E-state index in [0.29, 0.717) is 0 Å². The maximum atomic E-state index is 5.40. The molecule has 2 heteroatoms. The number of hydrogen-bond donors (Lipinski definition) is 1. The molecule has 0 atom stereocenters. The SMILES string of the molecule is C/C(=C\C(=S)c1ccccc1)Nc1ccccc1. The summed E-state index contributed by atoms with van der Waals surface area (Å²) in [7, 11) is 0. The quantitative estimate of drug-likeness (QED) is 0.492. The summed E-state index contributed by atoms with van der Waals surface area (Å²) in [4.78, 5) is 0.844. The molecule has 0 aliphatic carbocycles. The summed E-state index contributed by atoms with van der Waals surface area (Å²) in [6.45, 7) is 2.02. The van der Waals surface area contributed by atoms with Crippen molar-refractivity contribution >= 4 is 22.8 Å². The fraction of sp³-hybridized carbons (Fsp3) is 0.0625. The zero-order valence-electron chi connectivity index (χ0n) is 10.3. The molecule has 0 unspecified atom stereocenters. The third-order valence-corrected chi connectivity index (χ3v) is 2.87. The predicted molar refractivity (Wildman–Crippen MR) is 82.0 cm³/mol. The molecule has 0 aromatic heterocycles. The van der Waals surface area contributed by atoms with Gasteiger partial charge in [-0.25, -0.2) is 0 Å². The molecule has 1 N–H and O–H groups in total. The lowest BCUT2D eigenvalue weighted by Crippen LogP contribution is -2.00. The van der Waals surface area contributed by atoms with Crippen molar-refractivity contribution in [3.05, 3.63) is 78.0 Å². The minimum atomic E-state index is 0.844. The smallest absolute Gasteiger partial charge is 0.0466 e. The van der Waals surface area contributed by atoms with Gasteiger partial charge in [0, 0.05) is 16.2 Å². The first-order valence-corrected chi connectivity index (χ1v) is 6.26. The van der Waals surface area contributed by atoms with Crippen molar-refractivity contribution in [1.82, 2.24) is 0 Å². The van der Waals surface area contributed by atoms with Crippen LogP contribution in [0.1, 0.15) is 12.5 Å². The molecule has 0 aliphatic rings. The summed E-state index contributed by atoms with van der Waals surface area (Å²) < 4.78 is 0. The number of thiocarbonyl (C=S) groups is 1. The Morgan fingerprint density at radius 3 is 2.11 bits per heavy atom. The lowest BCUT2D eigenvalue weighted by molar-refractivity contribution is 1.38. The zero-order valence-corrected chi connectivity index (χ0v) is 11.1. The Morgan fingerprint density at radius 2 is 1.50 bits per heavy atom. The van der Waals surface area contributed by atoms with E-state index in [9.17, 15) is 0 Å². The van der Waals surface area contributed by atoms with Crippen molar-refractivity contribution in [3.8, 4) is 0 Å². The number of hydrogen-bond acceptors (Lipinski definition) is 2. The molecule has 0 fully saturated rings. The van der Waals surface area contributed by atoms with Gasteiger partial charge in [-0.05, 0) is 30.7 Å². The fourth-order valence-corrected chi connectivity index (χ4v) is 1.98. The first kappa shape index (κ1) is 12.5. The highest BCUT2D eigenvalue weighted by Gasteiger charge is 1.98. The van der Waals surface area contributed by atoms with Crippen molar-refractivity contribution < 1.29 is 0 Å². The van der Waals surface area contributed by atoms with Crippen LogP contribution in [0.3, 0.4) is 0 Å². The minimum Gasteiger partial charge on any atom is -0.359 e. The van der Waals surface area contributed by atoms with E-state index in [-0.39, 0.29) is 0 Å². The lowest BCUT2D eigenvalue weighted by Gasteiger charge is -2.06. The van der Waals surface area contributed by atoms with Gasteiger partial charge in [0.2, 0.25) is 0 Å². The Labute approximate surface area is 113 Å². The van der Waals surface area contributed by atoms with E-state index < -0.39 is 0 Å². The van der Waals surface area contributed by atoms with Gasteiger partial charge in [0.25, 0.3) is 0 Å². The summed E-state index contributed by atoms with van der Waals surface area (Å²) in [5.41, 5.74) is 3.18. The second-order valence-electron chi connectivity index (χ2n) is 4.05. The van der Waals surface area contributed by atoms with Crippen LogP contribution in [0, 0.1) is 0 Å². The van der Waals surface area contributed by atoms with Crippen LogP contribution in [0.5, 0.6) is 0 Å². The van der Waals surface area contributed by atoms with Crippen LogP contribution in [0.2, 0.25) is 0 Å². The van der Waals surface area contributed by atoms with Crippen LogP contribution in [-0.4, -0.2) is 4.86 Å². The Hall–Kier alpha value is -1.93. The van der Waals surface area contributed by atoms with Crippen LogP contribution >= 0.6 is 12.2 Å². The minimum absolute atomic E-state index is 0.844. The number of anilines is 1.